The summed E-state index contributed by atoms with van der Waals surface area (Å²) in [6, 6.07) is -4.65. The number of amides is 2. The Balaban J connectivity index is 2.23. The number of Topliss-reactive ketones (excluding diaryl/α,β-unsaturated/α-hetero) is 1. The van der Waals surface area contributed by atoms with Crippen molar-refractivity contribution in [3.05, 3.63) is 11.3 Å². The minimum atomic E-state index is -3.19. The maximum Gasteiger partial charge on any atom is 0.341 e. The van der Waals surface area contributed by atoms with E-state index in [-0.39, 0.29) is 15.8 Å². The fourth-order valence-corrected chi connectivity index (χ4v) is 10.3. The van der Waals surface area contributed by atoms with Gasteiger partial charge in [-0.3, -0.25) is 29.4 Å². The van der Waals surface area contributed by atoms with E-state index in [1.54, 1.807) is 13.8 Å². The molecule has 0 aromatic rings. The highest BCUT2D eigenvalue weighted by Crippen LogP contribution is 2.43. The van der Waals surface area contributed by atoms with Gasteiger partial charge in [0.15, 0.2) is 29.4 Å². The molecule has 11 N–H and O–H groups in total. The Morgan fingerprint density at radius 3 is 2.00 bits per heavy atom. The minimum absolute atomic E-state index is 0.269. The van der Waals surface area contributed by atoms with E-state index in [0.717, 1.165) is 32.5 Å². The number of rotatable bonds is 24. The average molecular weight is 1110 g/mol. The third-order valence-electron chi connectivity index (χ3n) is 12.4. The van der Waals surface area contributed by atoms with E-state index in [1.807, 2.05) is 0 Å². The van der Waals surface area contributed by atoms with Crippen molar-refractivity contribution in [1.82, 2.24) is 16.0 Å². The van der Waals surface area contributed by atoms with Gasteiger partial charge in [-0.2, -0.15) is 11.8 Å². The molecule has 0 spiro atoms. The average Bonchev–Trinajstić information content (AvgIpc) is 3.30. The Morgan fingerprint density at radius 2 is 1.49 bits per heavy atom. The zero-order chi connectivity index (χ0) is 56.3. The quantitative estimate of drug-likeness (QED) is 0.0305. The Labute approximate surface area is 437 Å². The van der Waals surface area contributed by atoms with Crippen molar-refractivity contribution in [2.45, 2.75) is 164 Å². The number of aliphatic carboxylic acids is 3. The largest absolute Gasteiger partial charge is 0.508 e. The number of aliphatic hydroxyl groups is 4. The van der Waals surface area contributed by atoms with Gasteiger partial charge in [-0.1, -0.05) is 44.8 Å². The number of hydrogen-bond donors (Lipinski definition) is 11. The number of carbonyl (C=O) groups is 9. The van der Waals surface area contributed by atoms with E-state index >= 15 is 0 Å². The molecule has 27 nitrogen and oxygen atoms in total. The van der Waals surface area contributed by atoms with Gasteiger partial charge in [-0.05, 0) is 20.3 Å². The molecule has 0 radical (unpaired) electrons. The first-order valence-electron chi connectivity index (χ1n) is 22.9. The van der Waals surface area contributed by atoms with Crippen LogP contribution >= 0.6 is 35.7 Å². The number of thiocarbonyl (C=S) groups is 1. The number of ether oxygens (including phenoxy) is 7. The number of thioether (sulfide) groups is 2. The maximum atomic E-state index is 14.8. The third kappa shape index (κ3) is 15.5. The van der Waals surface area contributed by atoms with Gasteiger partial charge in [0.1, 0.15) is 76.6 Å². The van der Waals surface area contributed by atoms with Crippen molar-refractivity contribution < 1.29 is 112 Å². The number of esters is 3. The number of hydrogen-bond acceptors (Lipinski definition) is 24. The van der Waals surface area contributed by atoms with Crippen molar-refractivity contribution in [3.63, 3.8) is 0 Å². The normalized spacial score (nSPS) is 29.5. The summed E-state index contributed by atoms with van der Waals surface area (Å²) in [6.45, 7) is 9.72. The lowest BCUT2D eigenvalue weighted by molar-refractivity contribution is -0.345. The number of aliphatic hydroxyl groups excluding tert-OH is 2. The molecule has 30 heteroatoms. The summed E-state index contributed by atoms with van der Waals surface area (Å²) in [6.07, 6.45) is -17.7. The van der Waals surface area contributed by atoms with Crippen molar-refractivity contribution >= 4 is 99.2 Å². The lowest BCUT2D eigenvalue weighted by Crippen LogP contribution is -2.70. The van der Waals surface area contributed by atoms with Crippen LogP contribution in [0.25, 0.3) is 0 Å². The van der Waals surface area contributed by atoms with Crippen LogP contribution in [-0.2, 0) is 76.3 Å². The lowest BCUT2D eigenvalue weighted by Gasteiger charge is -2.52. The van der Waals surface area contributed by atoms with Gasteiger partial charge >= 0.3 is 35.8 Å². The number of carboxylic acids is 3. The predicted molar refractivity (Wildman–Crippen MR) is 260 cm³/mol. The zero-order valence-corrected chi connectivity index (χ0v) is 44.2. The Morgan fingerprint density at radius 1 is 0.905 bits per heavy atom. The molecule has 0 bridgehead atoms. The molecule has 0 aromatic heterocycles. The van der Waals surface area contributed by atoms with Crippen LogP contribution in [0.1, 0.15) is 74.7 Å². The highest BCUT2D eigenvalue weighted by Gasteiger charge is 2.62. The molecule has 0 saturated carbocycles. The maximum absolute atomic E-state index is 14.8. The molecule has 16 atom stereocenters. The Kier molecular flexibility index (Phi) is 23.2. The monoisotopic (exact) mass is 1110 g/mol. The molecule has 74 heavy (non-hydrogen) atoms. The standard InChI is InChI=1S/C44H64N4O23S3/c1-10-16(2)40(61)68-19(5)44(64)18(4)67-28(11-27(44)65-9)70-34-32(53)36(43(63)12-25(52)30(45)29(35(43)54)39(59)60)69-26(13-66-22(8)51)33(34)71-41(62)31(17(3)73-14-23(37(55)56)46-20(6)49)48-42(72)74-15-24(38(57)58)47-21(7)50/h16-19,23-24,26-28,31-34,36,45,53-54,63-64H,10-15H2,1-9H3,(H,46,49)(H,47,50)(H,48,72)(H,55,56)(H,57,58)(H,59,60)/t16-,17+,18+,19-,23+,24+,26+,27+,28+,31-,32-,33+,34+,36+,43+,44-/m0/s1. The number of nitrogens with one attached hydrogen (secondary N) is 4. The van der Waals surface area contributed by atoms with Gasteiger partial charge in [0.05, 0.1) is 24.5 Å². The molecule has 2 aliphatic heterocycles. The Bertz CT molecular complexity index is 2200. The molecule has 3 rings (SSSR count). The second kappa shape index (κ2) is 27.1. The van der Waals surface area contributed by atoms with E-state index < -0.39 is 186 Å². The van der Waals surface area contributed by atoms with Crippen molar-refractivity contribution in [1.29, 1.82) is 5.41 Å². The predicted octanol–water partition coefficient (Wildman–Crippen LogP) is -1.27. The molecule has 2 heterocycles. The number of ketones is 1. The molecule has 0 unspecified atom stereocenters. The van der Waals surface area contributed by atoms with Gasteiger partial charge in [-0.25, -0.2) is 19.2 Å². The van der Waals surface area contributed by atoms with Gasteiger partial charge in [0.25, 0.3) is 0 Å². The summed E-state index contributed by atoms with van der Waals surface area (Å²) in [4.78, 5) is 113. The summed E-state index contributed by atoms with van der Waals surface area (Å²) < 4.78 is 40.8. The molecule has 0 aromatic carbocycles. The summed E-state index contributed by atoms with van der Waals surface area (Å²) in [7, 11) is 1.21. The summed E-state index contributed by atoms with van der Waals surface area (Å²) >= 11 is 6.91. The highest BCUT2D eigenvalue weighted by atomic mass is 32.2. The smallest absolute Gasteiger partial charge is 0.341 e. The van der Waals surface area contributed by atoms with Gasteiger partial charge in [-0.15, -0.1) is 0 Å². The van der Waals surface area contributed by atoms with E-state index in [2.05, 4.69) is 16.0 Å². The van der Waals surface area contributed by atoms with Gasteiger partial charge in [0.2, 0.25) is 11.8 Å². The molecule has 2 amide bonds. The summed E-state index contributed by atoms with van der Waals surface area (Å²) in [5, 5.41) is 91.3. The van der Waals surface area contributed by atoms with Crippen molar-refractivity contribution in [2.75, 3.05) is 25.2 Å². The number of carbonyl (C=O) groups excluding carboxylic acids is 6. The Hall–Kier alpha value is -5.05. The van der Waals surface area contributed by atoms with Crippen molar-refractivity contribution in [3.8, 4) is 0 Å². The molecule has 3 aliphatic rings. The van der Waals surface area contributed by atoms with Crippen LogP contribution in [0.2, 0.25) is 0 Å². The number of carboxylic acid groups (broad SMARTS) is 3. The van der Waals surface area contributed by atoms with Crippen LogP contribution in [0.15, 0.2) is 11.3 Å². The van der Waals surface area contributed by atoms with Crippen LogP contribution in [0.5, 0.6) is 0 Å². The highest BCUT2D eigenvalue weighted by molar-refractivity contribution is 8.23. The third-order valence-corrected chi connectivity index (χ3v) is 15.1. The van der Waals surface area contributed by atoms with Gasteiger partial charge < -0.3 is 84.9 Å². The van der Waals surface area contributed by atoms with E-state index in [4.69, 9.17) is 50.8 Å². The van der Waals surface area contributed by atoms with Crippen LogP contribution in [0.4, 0.5) is 0 Å². The van der Waals surface area contributed by atoms with E-state index in [1.165, 1.54) is 27.9 Å². The first-order chi connectivity index (χ1) is 34.3. The van der Waals surface area contributed by atoms with Crippen LogP contribution in [0.3, 0.4) is 0 Å². The molecule has 1 aliphatic carbocycles. The van der Waals surface area contributed by atoms with Gasteiger partial charge in [0, 0.05) is 51.1 Å². The molecule has 2 saturated heterocycles. The summed E-state index contributed by atoms with van der Waals surface area (Å²) in [5.74, 6) is -13.4. The molecule has 416 valence electrons. The first-order valence-corrected chi connectivity index (χ1v) is 25.3. The fourth-order valence-electron chi connectivity index (χ4n) is 8.09. The van der Waals surface area contributed by atoms with E-state index in [0.29, 0.717) is 18.2 Å². The van der Waals surface area contributed by atoms with Crippen LogP contribution in [0, 0.1) is 11.3 Å². The summed E-state index contributed by atoms with van der Waals surface area (Å²) in [5.41, 5.74) is -7.85. The fraction of sp³-hybridized carbons (Fsp3) is 0.705. The van der Waals surface area contributed by atoms with E-state index in [9.17, 15) is 78.9 Å². The topological polar surface area (TPSA) is 420 Å². The van der Waals surface area contributed by atoms with Crippen LogP contribution in [-0.4, -0.2) is 214 Å². The molecular formula is C44H64N4O23S3. The lowest BCUT2D eigenvalue weighted by atomic mass is 9.74. The molecule has 2 fully saturated rings. The van der Waals surface area contributed by atoms with Crippen LogP contribution < -0.4 is 16.0 Å². The number of methoxy groups -OCH3 is 1. The first kappa shape index (κ1) is 63.2. The second-order valence-electron chi connectivity index (χ2n) is 17.7. The van der Waals surface area contributed by atoms with Crippen molar-refractivity contribution in [2.24, 2.45) is 5.92 Å². The zero-order valence-electron chi connectivity index (χ0n) is 41.7. The SMILES string of the molecule is CC[C@H](C)C(=O)O[C@@H](C)[C@@]1(O)[C@@H](C)O[C@H](O[C@@H]2[C@H](O)[C@H]([C@@]3(O)CC(=O)C(=N)C(C(=O)O)=C3O)O[C@H](COC(C)=O)[C@H]2OC(=O)[C@@H](NC(=S)SC[C@@H](NC(C)=O)C(=O)O)[C@@H](C)SC[C@@H](NC(C)=O)C(=O)O)C[C@H]1OC. The molecular weight excluding hydrogens is 1050 g/mol. The second-order valence-corrected chi connectivity index (χ2v) is 20.8. The minimum Gasteiger partial charge on any atom is -0.508 e.